The molecule has 1 saturated heterocycles. The summed E-state index contributed by atoms with van der Waals surface area (Å²) in [7, 11) is 1.69. The van der Waals surface area contributed by atoms with E-state index in [2.05, 4.69) is 10.6 Å². The van der Waals surface area contributed by atoms with Crippen LogP contribution in [0.15, 0.2) is 0 Å². The number of hydrogen-bond donors (Lipinski definition) is 2. The molecule has 2 N–H and O–H groups in total. The van der Waals surface area contributed by atoms with E-state index in [1.807, 2.05) is 20.8 Å². The molecule has 1 fully saturated rings. The van der Waals surface area contributed by atoms with Gasteiger partial charge in [-0.15, -0.1) is 0 Å². The van der Waals surface area contributed by atoms with Crippen molar-refractivity contribution in [3.63, 3.8) is 0 Å². The zero-order valence-corrected chi connectivity index (χ0v) is 11.9. The minimum atomic E-state index is -0.209. The number of ether oxygens (including phenoxy) is 2. The minimum absolute atomic E-state index is 0.0670. The third-order valence-corrected chi connectivity index (χ3v) is 3.19. The molecule has 1 aliphatic rings. The number of rotatable bonds is 6. The molecule has 106 valence electrons. The molecule has 0 spiro atoms. The molecule has 0 aromatic carbocycles. The molecular formula is C13H26N2O3. The topological polar surface area (TPSA) is 59.6 Å². The lowest BCUT2D eigenvalue weighted by Crippen LogP contribution is -2.46. The van der Waals surface area contributed by atoms with Crippen molar-refractivity contribution < 1.29 is 14.3 Å². The molecule has 5 heteroatoms. The third kappa shape index (κ3) is 5.80. The fourth-order valence-electron chi connectivity index (χ4n) is 2.18. The van der Waals surface area contributed by atoms with Crippen LogP contribution in [-0.2, 0) is 14.3 Å². The molecule has 5 nitrogen and oxygen atoms in total. The second-order valence-electron chi connectivity index (χ2n) is 5.57. The van der Waals surface area contributed by atoms with E-state index in [1.165, 1.54) is 0 Å². The first-order valence-corrected chi connectivity index (χ1v) is 6.58. The van der Waals surface area contributed by atoms with Gasteiger partial charge in [0.15, 0.2) is 0 Å². The number of hydrogen-bond acceptors (Lipinski definition) is 4. The van der Waals surface area contributed by atoms with E-state index in [9.17, 15) is 4.79 Å². The van der Waals surface area contributed by atoms with Crippen molar-refractivity contribution in [2.45, 2.75) is 51.3 Å². The Hall–Kier alpha value is -0.650. The molecular weight excluding hydrogens is 232 g/mol. The average Bonchev–Trinajstić information content (AvgIpc) is 2.29. The SMILES string of the molecule is COC(C)(C)CC(C)NC(=O)CC1COCCN1. The zero-order chi connectivity index (χ0) is 13.6. The third-order valence-electron chi connectivity index (χ3n) is 3.19. The van der Waals surface area contributed by atoms with Crippen LogP contribution in [0.25, 0.3) is 0 Å². The summed E-state index contributed by atoms with van der Waals surface area (Å²) < 4.78 is 10.7. The Balaban J connectivity index is 2.26. The van der Waals surface area contributed by atoms with Gasteiger partial charge >= 0.3 is 0 Å². The van der Waals surface area contributed by atoms with E-state index in [-0.39, 0.29) is 23.6 Å². The van der Waals surface area contributed by atoms with Gasteiger partial charge in [-0.2, -0.15) is 0 Å². The summed E-state index contributed by atoms with van der Waals surface area (Å²) in [6.45, 7) is 8.22. The molecule has 0 saturated carbocycles. The highest BCUT2D eigenvalue weighted by molar-refractivity contribution is 5.76. The van der Waals surface area contributed by atoms with Gasteiger partial charge in [-0.05, 0) is 27.2 Å². The maximum atomic E-state index is 11.8. The van der Waals surface area contributed by atoms with Crippen molar-refractivity contribution in [2.24, 2.45) is 0 Å². The maximum Gasteiger partial charge on any atom is 0.221 e. The number of nitrogens with one attached hydrogen (secondary N) is 2. The standard InChI is InChI=1S/C13H26N2O3/c1-10(8-13(2,3)17-4)15-12(16)7-11-9-18-6-5-14-11/h10-11,14H,5-9H2,1-4H3,(H,15,16). The fourth-order valence-corrected chi connectivity index (χ4v) is 2.18. The van der Waals surface area contributed by atoms with Crippen LogP contribution in [-0.4, -0.2) is 50.5 Å². The number of morpholine rings is 1. The highest BCUT2D eigenvalue weighted by Crippen LogP contribution is 2.15. The predicted molar refractivity (Wildman–Crippen MR) is 70.5 cm³/mol. The lowest BCUT2D eigenvalue weighted by atomic mass is 9.99. The minimum Gasteiger partial charge on any atom is -0.379 e. The summed E-state index contributed by atoms with van der Waals surface area (Å²) >= 11 is 0. The van der Waals surface area contributed by atoms with Crippen molar-refractivity contribution in [1.29, 1.82) is 0 Å². The lowest BCUT2D eigenvalue weighted by Gasteiger charge is -2.28. The van der Waals surface area contributed by atoms with E-state index in [0.29, 0.717) is 13.0 Å². The van der Waals surface area contributed by atoms with E-state index < -0.39 is 0 Å². The Labute approximate surface area is 110 Å². The first-order valence-electron chi connectivity index (χ1n) is 6.58. The smallest absolute Gasteiger partial charge is 0.221 e. The van der Waals surface area contributed by atoms with Crippen LogP contribution >= 0.6 is 0 Å². The fraction of sp³-hybridized carbons (Fsp3) is 0.923. The summed E-state index contributed by atoms with van der Waals surface area (Å²) in [6, 6.07) is 0.248. The lowest BCUT2D eigenvalue weighted by molar-refractivity contribution is -0.123. The molecule has 0 bridgehead atoms. The van der Waals surface area contributed by atoms with Crippen molar-refractivity contribution in [3.05, 3.63) is 0 Å². The molecule has 1 rings (SSSR count). The number of carbonyl (C=O) groups excluding carboxylic acids is 1. The van der Waals surface area contributed by atoms with Gasteiger partial charge in [0, 0.05) is 32.2 Å². The maximum absolute atomic E-state index is 11.8. The normalized spacial score (nSPS) is 22.6. The Kier molecular flexibility index (Phi) is 6.05. The summed E-state index contributed by atoms with van der Waals surface area (Å²) in [6.07, 6.45) is 1.27. The van der Waals surface area contributed by atoms with Crippen LogP contribution < -0.4 is 10.6 Å². The Morgan fingerprint density at radius 3 is 2.89 bits per heavy atom. The predicted octanol–water partition coefficient (Wildman–Crippen LogP) is 0.685. The molecule has 1 heterocycles. The Morgan fingerprint density at radius 2 is 2.33 bits per heavy atom. The highest BCUT2D eigenvalue weighted by Gasteiger charge is 2.22. The summed E-state index contributed by atoms with van der Waals surface area (Å²) in [5.74, 6) is 0.0670. The summed E-state index contributed by atoms with van der Waals surface area (Å²) in [5, 5.41) is 6.28. The zero-order valence-electron chi connectivity index (χ0n) is 11.9. The van der Waals surface area contributed by atoms with Gasteiger partial charge < -0.3 is 20.1 Å². The van der Waals surface area contributed by atoms with Gasteiger partial charge in [0.05, 0.1) is 18.8 Å². The van der Waals surface area contributed by atoms with Crippen molar-refractivity contribution in [3.8, 4) is 0 Å². The van der Waals surface area contributed by atoms with Crippen LogP contribution in [0.3, 0.4) is 0 Å². The Bertz CT molecular complexity index is 263. The number of carbonyl (C=O) groups is 1. The van der Waals surface area contributed by atoms with E-state index >= 15 is 0 Å². The molecule has 18 heavy (non-hydrogen) atoms. The molecule has 0 aromatic heterocycles. The first-order chi connectivity index (χ1) is 8.43. The second kappa shape index (κ2) is 7.07. The molecule has 0 radical (unpaired) electrons. The van der Waals surface area contributed by atoms with Gasteiger partial charge in [0.1, 0.15) is 0 Å². The number of amides is 1. The molecule has 0 aliphatic carbocycles. The molecule has 2 atom stereocenters. The Morgan fingerprint density at radius 1 is 1.61 bits per heavy atom. The van der Waals surface area contributed by atoms with Gasteiger partial charge in [0.2, 0.25) is 5.91 Å². The van der Waals surface area contributed by atoms with E-state index in [0.717, 1.165) is 19.6 Å². The molecule has 2 unspecified atom stereocenters. The van der Waals surface area contributed by atoms with Crippen molar-refractivity contribution in [1.82, 2.24) is 10.6 Å². The van der Waals surface area contributed by atoms with Gasteiger partial charge in [-0.3, -0.25) is 4.79 Å². The van der Waals surface area contributed by atoms with Crippen LogP contribution in [0, 0.1) is 0 Å². The quantitative estimate of drug-likeness (QED) is 0.736. The summed E-state index contributed by atoms with van der Waals surface area (Å²) in [5.41, 5.74) is -0.209. The van der Waals surface area contributed by atoms with Crippen LogP contribution in [0.4, 0.5) is 0 Å². The van der Waals surface area contributed by atoms with Gasteiger partial charge in [-0.25, -0.2) is 0 Å². The highest BCUT2D eigenvalue weighted by atomic mass is 16.5. The first kappa shape index (κ1) is 15.4. The largest absolute Gasteiger partial charge is 0.379 e. The van der Waals surface area contributed by atoms with Crippen LogP contribution in [0.1, 0.15) is 33.6 Å². The van der Waals surface area contributed by atoms with Gasteiger partial charge in [-0.1, -0.05) is 0 Å². The van der Waals surface area contributed by atoms with Crippen molar-refractivity contribution in [2.75, 3.05) is 26.9 Å². The summed E-state index contributed by atoms with van der Waals surface area (Å²) in [4.78, 5) is 11.8. The van der Waals surface area contributed by atoms with Crippen molar-refractivity contribution >= 4 is 5.91 Å². The average molecular weight is 258 g/mol. The molecule has 0 aromatic rings. The molecule has 1 aliphatic heterocycles. The van der Waals surface area contributed by atoms with Gasteiger partial charge in [0.25, 0.3) is 0 Å². The van der Waals surface area contributed by atoms with Crippen LogP contribution in [0.5, 0.6) is 0 Å². The van der Waals surface area contributed by atoms with Crippen LogP contribution in [0.2, 0.25) is 0 Å². The monoisotopic (exact) mass is 258 g/mol. The second-order valence-corrected chi connectivity index (χ2v) is 5.57. The number of methoxy groups -OCH3 is 1. The molecule has 1 amide bonds. The van der Waals surface area contributed by atoms with E-state index in [1.54, 1.807) is 7.11 Å². The van der Waals surface area contributed by atoms with E-state index in [4.69, 9.17) is 9.47 Å².